The Bertz CT molecular complexity index is 619. The number of fused-ring (bicyclic) bond motifs is 1. The first-order chi connectivity index (χ1) is 9.35. The summed E-state index contributed by atoms with van der Waals surface area (Å²) in [5, 5.41) is 15.9. The fraction of sp³-hybridized carbons (Fsp3) is 0.462. The Hall–Kier alpha value is -1.73. The van der Waals surface area contributed by atoms with Crippen molar-refractivity contribution in [2.45, 2.75) is 32.4 Å². The maximum atomic E-state index is 10.7. The lowest BCUT2D eigenvalue weighted by Gasteiger charge is -2.15. The fourth-order valence-electron chi connectivity index (χ4n) is 1.77. The molecule has 0 aliphatic heterocycles. The third kappa shape index (κ3) is 3.88. The van der Waals surface area contributed by atoms with Crippen LogP contribution in [0.3, 0.4) is 0 Å². The molecule has 1 aromatic carbocycles. The van der Waals surface area contributed by atoms with Crippen LogP contribution in [0.2, 0.25) is 25.7 Å². The number of rotatable bonds is 6. The van der Waals surface area contributed by atoms with E-state index < -0.39 is 13.0 Å². The van der Waals surface area contributed by atoms with Gasteiger partial charge in [-0.25, -0.2) is 4.68 Å². The summed E-state index contributed by atoms with van der Waals surface area (Å²) < 4.78 is 7.28. The van der Waals surface area contributed by atoms with E-state index in [1.807, 2.05) is 6.20 Å². The zero-order valence-electron chi connectivity index (χ0n) is 12.0. The van der Waals surface area contributed by atoms with Crippen LogP contribution in [0.4, 0.5) is 5.69 Å². The van der Waals surface area contributed by atoms with Crippen LogP contribution < -0.4 is 0 Å². The van der Waals surface area contributed by atoms with Crippen LogP contribution >= 0.6 is 0 Å². The first-order valence-corrected chi connectivity index (χ1v) is 10.3. The van der Waals surface area contributed by atoms with Crippen molar-refractivity contribution in [1.82, 2.24) is 9.78 Å². The molecular weight excluding hydrogens is 274 g/mol. The number of non-ortho nitro benzene ring substituents is 1. The lowest BCUT2D eigenvalue weighted by molar-refractivity contribution is -0.384. The molecule has 0 radical (unpaired) electrons. The van der Waals surface area contributed by atoms with Crippen LogP contribution in [0.1, 0.15) is 0 Å². The molecule has 0 aliphatic rings. The van der Waals surface area contributed by atoms with Crippen molar-refractivity contribution in [2.24, 2.45) is 0 Å². The van der Waals surface area contributed by atoms with Crippen molar-refractivity contribution in [3.63, 3.8) is 0 Å². The predicted octanol–water partition coefficient (Wildman–Crippen LogP) is 3.26. The summed E-state index contributed by atoms with van der Waals surface area (Å²) in [6.45, 7) is 8.02. The first kappa shape index (κ1) is 14.7. The van der Waals surface area contributed by atoms with Crippen molar-refractivity contribution in [3.05, 3.63) is 34.5 Å². The number of ether oxygens (including phenoxy) is 1. The Kier molecular flexibility index (Phi) is 4.19. The van der Waals surface area contributed by atoms with Gasteiger partial charge in [-0.1, -0.05) is 19.6 Å². The highest BCUT2D eigenvalue weighted by Crippen LogP contribution is 2.19. The lowest BCUT2D eigenvalue weighted by atomic mass is 10.2. The summed E-state index contributed by atoms with van der Waals surface area (Å²) in [5.41, 5.74) is 0.676. The normalized spacial score (nSPS) is 11.9. The molecule has 0 unspecified atom stereocenters. The Balaban J connectivity index is 1.99. The molecule has 0 aliphatic carbocycles. The number of benzene rings is 1. The third-order valence-corrected chi connectivity index (χ3v) is 4.67. The van der Waals surface area contributed by atoms with E-state index in [-0.39, 0.29) is 5.69 Å². The predicted molar refractivity (Wildman–Crippen MR) is 80.5 cm³/mol. The van der Waals surface area contributed by atoms with Crippen LogP contribution in [0.15, 0.2) is 24.4 Å². The van der Waals surface area contributed by atoms with Gasteiger partial charge in [0.05, 0.1) is 10.4 Å². The number of hydrogen-bond donors (Lipinski definition) is 0. The molecular formula is C13H19N3O3Si. The van der Waals surface area contributed by atoms with E-state index >= 15 is 0 Å². The van der Waals surface area contributed by atoms with Crippen LogP contribution in [-0.2, 0) is 11.5 Å². The molecule has 0 amide bonds. The van der Waals surface area contributed by atoms with Gasteiger partial charge in [-0.15, -0.1) is 0 Å². The highest BCUT2D eigenvalue weighted by molar-refractivity contribution is 6.76. The Morgan fingerprint density at radius 1 is 1.40 bits per heavy atom. The molecule has 6 nitrogen and oxygen atoms in total. The van der Waals surface area contributed by atoms with Crippen LogP contribution in [0.25, 0.3) is 10.9 Å². The Morgan fingerprint density at radius 2 is 2.15 bits per heavy atom. The van der Waals surface area contributed by atoms with Crippen molar-refractivity contribution in [2.75, 3.05) is 6.61 Å². The summed E-state index contributed by atoms with van der Waals surface area (Å²) in [4.78, 5) is 10.3. The second-order valence-electron chi connectivity index (χ2n) is 6.02. The molecule has 0 bridgehead atoms. The Morgan fingerprint density at radius 3 is 2.80 bits per heavy atom. The summed E-state index contributed by atoms with van der Waals surface area (Å²) in [6.07, 6.45) is 1.84. The number of nitrogens with zero attached hydrogens (tertiary/aromatic N) is 3. The zero-order chi connectivity index (χ0) is 14.8. The van der Waals surface area contributed by atoms with Gasteiger partial charge in [0.15, 0.2) is 0 Å². The average molecular weight is 293 g/mol. The van der Waals surface area contributed by atoms with Gasteiger partial charge < -0.3 is 4.74 Å². The fourth-order valence-corrected chi connectivity index (χ4v) is 2.53. The van der Waals surface area contributed by atoms with Crippen LogP contribution in [-0.4, -0.2) is 29.4 Å². The largest absolute Gasteiger partial charge is 0.360 e. The highest BCUT2D eigenvalue weighted by Gasteiger charge is 2.12. The van der Waals surface area contributed by atoms with Gasteiger partial charge in [-0.2, -0.15) is 5.10 Å². The summed E-state index contributed by atoms with van der Waals surface area (Å²) in [6, 6.07) is 5.78. The molecule has 0 saturated carbocycles. The minimum absolute atomic E-state index is 0.0578. The molecule has 1 aromatic heterocycles. The van der Waals surface area contributed by atoms with E-state index in [4.69, 9.17) is 4.74 Å². The van der Waals surface area contributed by atoms with Gasteiger partial charge in [0.2, 0.25) is 0 Å². The minimum Gasteiger partial charge on any atom is -0.360 e. The number of nitro groups is 1. The van der Waals surface area contributed by atoms with E-state index in [1.54, 1.807) is 10.7 Å². The molecule has 7 heteroatoms. The summed E-state index contributed by atoms with van der Waals surface area (Å²) in [7, 11) is -1.08. The smallest absolute Gasteiger partial charge is 0.271 e. The van der Waals surface area contributed by atoms with E-state index in [0.29, 0.717) is 12.2 Å². The molecule has 0 spiro atoms. The second kappa shape index (κ2) is 5.72. The minimum atomic E-state index is -1.08. The molecule has 0 N–H and O–H groups in total. The molecule has 108 valence electrons. The standard InChI is InChI=1S/C13H19N3O3Si/c1-20(2,3)7-6-19-10-15-9-11-4-5-12(16(17)18)8-13(11)14-15/h4-5,8-9H,6-7,10H2,1-3H3. The monoisotopic (exact) mass is 293 g/mol. The molecule has 20 heavy (non-hydrogen) atoms. The van der Waals surface area contributed by atoms with Gasteiger partial charge in [-0.3, -0.25) is 10.1 Å². The average Bonchev–Trinajstić information content (AvgIpc) is 2.75. The zero-order valence-corrected chi connectivity index (χ0v) is 13.0. The lowest BCUT2D eigenvalue weighted by Crippen LogP contribution is -2.22. The summed E-state index contributed by atoms with van der Waals surface area (Å²) >= 11 is 0. The van der Waals surface area contributed by atoms with E-state index in [9.17, 15) is 10.1 Å². The maximum absolute atomic E-state index is 10.7. The third-order valence-electron chi connectivity index (χ3n) is 2.97. The van der Waals surface area contributed by atoms with Gasteiger partial charge in [0.1, 0.15) is 6.73 Å². The van der Waals surface area contributed by atoms with Crippen molar-refractivity contribution >= 4 is 24.7 Å². The van der Waals surface area contributed by atoms with Crippen molar-refractivity contribution in [3.8, 4) is 0 Å². The van der Waals surface area contributed by atoms with Crippen molar-refractivity contribution in [1.29, 1.82) is 0 Å². The van der Waals surface area contributed by atoms with Gasteiger partial charge in [0, 0.05) is 38.4 Å². The summed E-state index contributed by atoms with van der Waals surface area (Å²) in [5.74, 6) is 0. The topological polar surface area (TPSA) is 70.2 Å². The van der Waals surface area contributed by atoms with Gasteiger partial charge in [0.25, 0.3) is 5.69 Å². The number of nitro benzene ring substituents is 1. The molecule has 0 fully saturated rings. The van der Waals surface area contributed by atoms with E-state index in [1.165, 1.54) is 12.1 Å². The van der Waals surface area contributed by atoms with Crippen LogP contribution in [0, 0.1) is 10.1 Å². The Labute approximate surface area is 118 Å². The number of aromatic nitrogens is 2. The van der Waals surface area contributed by atoms with Gasteiger partial charge in [-0.05, 0) is 12.1 Å². The number of hydrogen-bond acceptors (Lipinski definition) is 4. The molecule has 2 aromatic rings. The molecule has 0 saturated heterocycles. The quantitative estimate of drug-likeness (QED) is 0.355. The maximum Gasteiger partial charge on any atom is 0.271 e. The van der Waals surface area contributed by atoms with E-state index in [0.717, 1.165) is 18.0 Å². The van der Waals surface area contributed by atoms with E-state index in [2.05, 4.69) is 24.7 Å². The highest BCUT2D eigenvalue weighted by atomic mass is 28.3. The first-order valence-electron chi connectivity index (χ1n) is 6.54. The van der Waals surface area contributed by atoms with Crippen molar-refractivity contribution < 1.29 is 9.66 Å². The van der Waals surface area contributed by atoms with Crippen LogP contribution in [0.5, 0.6) is 0 Å². The molecule has 2 rings (SSSR count). The van der Waals surface area contributed by atoms with Gasteiger partial charge >= 0.3 is 0 Å². The molecule has 1 heterocycles. The molecule has 0 atom stereocenters. The second-order valence-corrected chi connectivity index (χ2v) is 11.6. The SMILES string of the molecule is C[Si](C)(C)CCOCn1cc2ccc([N+](=O)[O-])cc2n1.